The van der Waals surface area contributed by atoms with Gasteiger partial charge in [0, 0.05) is 28.0 Å². The molecule has 1 atom stereocenters. The molecule has 1 heterocycles. The van der Waals surface area contributed by atoms with Crippen LogP contribution in [0.15, 0.2) is 78.9 Å². The smallest absolute Gasteiger partial charge is 0.306 e. The minimum absolute atomic E-state index is 0.0162. The molecule has 3 aromatic carbocycles. The Morgan fingerprint density at radius 3 is 2.56 bits per heavy atom. The highest BCUT2D eigenvalue weighted by Crippen LogP contribution is 2.53. The van der Waals surface area contributed by atoms with Crippen LogP contribution >= 0.6 is 23.4 Å². The van der Waals surface area contributed by atoms with Crippen molar-refractivity contribution in [2.45, 2.75) is 70.7 Å². The Hall–Kier alpha value is -3.16. The second kappa shape index (κ2) is 16.5. The van der Waals surface area contributed by atoms with E-state index >= 15 is 0 Å². The molecule has 1 saturated carbocycles. The normalized spacial score (nSPS) is 14.9. The molecule has 0 radical (unpaired) electrons. The molecule has 7 heteroatoms. The summed E-state index contributed by atoms with van der Waals surface area (Å²) in [6, 6.07) is 26.8. The Balaban J connectivity index is 1.31. The average Bonchev–Trinajstić information content (AvgIpc) is 3.84. The number of benzene rings is 3. The number of aryl methyl sites for hydroxylation is 1. The number of carbonyl (C=O) groups excluding carboxylic acids is 1. The van der Waals surface area contributed by atoms with E-state index in [1.165, 1.54) is 11.1 Å². The molecule has 1 aliphatic rings. The van der Waals surface area contributed by atoms with Crippen molar-refractivity contribution in [3.8, 4) is 0 Å². The molecule has 0 aliphatic heterocycles. The zero-order valence-corrected chi connectivity index (χ0v) is 30.3. The van der Waals surface area contributed by atoms with E-state index in [-0.39, 0.29) is 16.6 Å². The van der Waals surface area contributed by atoms with Crippen molar-refractivity contribution in [3.05, 3.63) is 112 Å². The quantitative estimate of drug-likeness (QED) is 0.112. The summed E-state index contributed by atoms with van der Waals surface area (Å²) in [7, 11) is 0. The molecule has 1 fully saturated rings. The first-order valence-electron chi connectivity index (χ1n) is 17.2. The van der Waals surface area contributed by atoms with Crippen molar-refractivity contribution >= 4 is 52.4 Å². The highest BCUT2D eigenvalue weighted by molar-refractivity contribution is 7.99. The van der Waals surface area contributed by atoms with Gasteiger partial charge < -0.3 is 14.7 Å². The molecule has 1 aliphatic carbocycles. The second-order valence-electron chi connectivity index (χ2n) is 13.6. The molecule has 0 amide bonds. The summed E-state index contributed by atoms with van der Waals surface area (Å²) < 4.78 is 5.67. The number of carbonyl (C=O) groups is 1. The summed E-state index contributed by atoms with van der Waals surface area (Å²) in [5.74, 6) is 0.840. The number of pyridine rings is 1. The van der Waals surface area contributed by atoms with Gasteiger partial charge in [-0.1, -0.05) is 92.2 Å². The maximum Gasteiger partial charge on any atom is 0.306 e. The Kier molecular flexibility index (Phi) is 12.4. The lowest BCUT2D eigenvalue weighted by molar-refractivity contribution is -0.145. The third kappa shape index (κ3) is 10.2. The van der Waals surface area contributed by atoms with Crippen molar-refractivity contribution in [1.82, 2.24) is 9.88 Å². The minimum atomic E-state index is -0.907. The van der Waals surface area contributed by atoms with Gasteiger partial charge in [0.1, 0.15) is 6.61 Å². The van der Waals surface area contributed by atoms with Crippen molar-refractivity contribution in [2.24, 2.45) is 5.41 Å². The van der Waals surface area contributed by atoms with E-state index < -0.39 is 5.60 Å². The molecule has 0 saturated heterocycles. The van der Waals surface area contributed by atoms with Crippen LogP contribution in [-0.2, 0) is 21.6 Å². The summed E-state index contributed by atoms with van der Waals surface area (Å²) in [6.45, 7) is 11.1. The maximum atomic E-state index is 12.8. The van der Waals surface area contributed by atoms with Gasteiger partial charge in [0.15, 0.2) is 0 Å². The number of rotatable bonds is 17. The fourth-order valence-corrected chi connectivity index (χ4v) is 7.96. The maximum absolute atomic E-state index is 12.8. The van der Waals surface area contributed by atoms with Crippen LogP contribution in [0.25, 0.3) is 23.1 Å². The molecule has 1 unspecified atom stereocenters. The number of thioether (sulfide) groups is 1. The van der Waals surface area contributed by atoms with Crippen molar-refractivity contribution in [3.63, 3.8) is 0 Å². The topological polar surface area (TPSA) is 62.7 Å². The van der Waals surface area contributed by atoms with Gasteiger partial charge in [-0.05, 0) is 105 Å². The monoisotopic (exact) mass is 684 g/mol. The highest BCUT2D eigenvalue weighted by atomic mass is 35.5. The summed E-state index contributed by atoms with van der Waals surface area (Å²) in [4.78, 5) is 19.9. The molecule has 1 N–H and O–H groups in total. The van der Waals surface area contributed by atoms with Crippen LogP contribution in [-0.4, -0.2) is 53.0 Å². The zero-order chi connectivity index (χ0) is 34.1. The number of aromatic nitrogens is 1. The summed E-state index contributed by atoms with van der Waals surface area (Å²) in [6.07, 6.45) is 8.54. The van der Waals surface area contributed by atoms with Gasteiger partial charge in [0.25, 0.3) is 0 Å². The number of fused-ring (bicyclic) bond motifs is 1. The molecule has 5 nitrogen and oxygen atoms in total. The predicted molar refractivity (Wildman–Crippen MR) is 202 cm³/mol. The van der Waals surface area contributed by atoms with Gasteiger partial charge >= 0.3 is 5.97 Å². The molecule has 0 bridgehead atoms. The van der Waals surface area contributed by atoms with Crippen LogP contribution in [0.3, 0.4) is 0 Å². The molecule has 1 aromatic heterocycles. The SMILES string of the molecule is CCN(CC)CCOC(=O)CC1(CSC(CCc2ccccc2C(C)(C)O)c2cccc(/C=C/c3ccc4ccc(Cl)cc4n3)c2)CC1. The van der Waals surface area contributed by atoms with Crippen molar-refractivity contribution < 1.29 is 14.6 Å². The van der Waals surface area contributed by atoms with Crippen LogP contribution in [0.5, 0.6) is 0 Å². The number of aliphatic hydroxyl groups is 1. The number of likely N-dealkylation sites (N-methyl/N-ethyl adjacent to an activating group) is 1. The number of ether oxygens (including phenoxy) is 1. The summed E-state index contributed by atoms with van der Waals surface area (Å²) in [5, 5.41) is 12.8. The van der Waals surface area contributed by atoms with E-state index in [2.05, 4.69) is 67.3 Å². The van der Waals surface area contributed by atoms with Crippen molar-refractivity contribution in [1.29, 1.82) is 0 Å². The number of nitrogens with zero attached hydrogens (tertiary/aromatic N) is 2. The number of esters is 1. The second-order valence-corrected chi connectivity index (χ2v) is 15.2. The highest BCUT2D eigenvalue weighted by Gasteiger charge is 2.45. The van der Waals surface area contributed by atoms with Crippen LogP contribution < -0.4 is 0 Å². The van der Waals surface area contributed by atoms with Gasteiger partial charge in [-0.2, -0.15) is 11.8 Å². The van der Waals surface area contributed by atoms with E-state index in [0.717, 1.165) is 78.8 Å². The average molecular weight is 685 g/mol. The summed E-state index contributed by atoms with van der Waals surface area (Å²) >= 11 is 8.17. The lowest BCUT2D eigenvalue weighted by Gasteiger charge is -2.24. The minimum Gasteiger partial charge on any atom is -0.464 e. The number of hydrogen-bond acceptors (Lipinski definition) is 6. The van der Waals surface area contributed by atoms with E-state index in [4.69, 9.17) is 21.3 Å². The van der Waals surface area contributed by atoms with E-state index in [9.17, 15) is 9.90 Å². The molecular weight excluding hydrogens is 636 g/mol. The third-order valence-electron chi connectivity index (χ3n) is 9.39. The molecule has 254 valence electrons. The molecular formula is C41H49ClN2O3S. The van der Waals surface area contributed by atoms with Gasteiger partial charge in [-0.15, -0.1) is 0 Å². The Morgan fingerprint density at radius 2 is 1.81 bits per heavy atom. The lowest BCUT2D eigenvalue weighted by atomic mass is 9.90. The largest absolute Gasteiger partial charge is 0.464 e. The fraction of sp³-hybridized carbons (Fsp3) is 0.415. The standard InChI is InChI=1S/C41H49ClN2O3S/c1-5-44(6-2)24-25-47-39(45)28-41(22-23-41)29-48-38(21-17-31-11-7-8-13-36(31)40(3,4)46)33-12-9-10-30(26-33)14-19-35-20-16-32-15-18-34(42)27-37(32)43-35/h7-16,18-20,26-27,38,46H,5-6,17,21-25,28-29H2,1-4H3/b19-14+. The van der Waals surface area contributed by atoms with E-state index in [1.54, 1.807) is 0 Å². The lowest BCUT2D eigenvalue weighted by Crippen LogP contribution is -2.28. The van der Waals surface area contributed by atoms with Crippen molar-refractivity contribution in [2.75, 3.05) is 32.0 Å². The summed E-state index contributed by atoms with van der Waals surface area (Å²) in [5.41, 5.74) is 5.39. The van der Waals surface area contributed by atoms with Crippen LogP contribution in [0.1, 0.15) is 86.6 Å². The van der Waals surface area contributed by atoms with Crippen LogP contribution in [0, 0.1) is 5.41 Å². The predicted octanol–water partition coefficient (Wildman–Crippen LogP) is 9.75. The number of halogens is 1. The van der Waals surface area contributed by atoms with E-state index in [1.807, 2.05) is 68.1 Å². The Bertz CT molecular complexity index is 1710. The molecule has 4 aromatic rings. The fourth-order valence-electron chi connectivity index (χ4n) is 6.22. The first-order chi connectivity index (χ1) is 23.1. The van der Waals surface area contributed by atoms with Gasteiger partial charge in [0.2, 0.25) is 0 Å². The zero-order valence-electron chi connectivity index (χ0n) is 28.8. The van der Waals surface area contributed by atoms with Gasteiger partial charge in [-0.25, -0.2) is 4.98 Å². The van der Waals surface area contributed by atoms with Gasteiger partial charge in [-0.3, -0.25) is 4.79 Å². The first-order valence-corrected chi connectivity index (χ1v) is 18.6. The number of hydrogen-bond donors (Lipinski definition) is 1. The third-order valence-corrected chi connectivity index (χ3v) is 11.3. The molecule has 5 rings (SSSR count). The van der Waals surface area contributed by atoms with Crippen LogP contribution in [0.2, 0.25) is 5.02 Å². The van der Waals surface area contributed by atoms with Gasteiger partial charge in [0.05, 0.1) is 23.2 Å². The molecule has 0 spiro atoms. The first kappa shape index (κ1) is 36.1. The van der Waals surface area contributed by atoms with Crippen LogP contribution in [0.4, 0.5) is 0 Å². The molecule has 48 heavy (non-hydrogen) atoms. The van der Waals surface area contributed by atoms with E-state index in [0.29, 0.717) is 18.1 Å². The Labute approximate surface area is 295 Å². The Morgan fingerprint density at radius 1 is 1.04 bits per heavy atom.